The van der Waals surface area contributed by atoms with Crippen LogP contribution in [0.25, 0.3) is 0 Å². The molecule has 0 bridgehead atoms. The molecule has 0 aliphatic heterocycles. The van der Waals surface area contributed by atoms with E-state index in [1.165, 1.54) is 5.56 Å². The summed E-state index contributed by atoms with van der Waals surface area (Å²) in [5, 5.41) is 12.9. The van der Waals surface area contributed by atoms with E-state index in [4.69, 9.17) is 0 Å². The first-order chi connectivity index (χ1) is 9.02. The summed E-state index contributed by atoms with van der Waals surface area (Å²) < 4.78 is 0. The molecule has 1 aromatic carbocycles. The van der Waals surface area contributed by atoms with E-state index in [1.807, 2.05) is 0 Å². The topological polar surface area (TPSA) is 35.5 Å². The molecule has 3 heteroatoms. The number of hydrogen-bond acceptors (Lipinski definition) is 3. The largest absolute Gasteiger partial charge is 0.394 e. The van der Waals surface area contributed by atoms with E-state index in [-0.39, 0.29) is 12.6 Å². The van der Waals surface area contributed by atoms with Crippen LogP contribution in [0.15, 0.2) is 24.3 Å². The van der Waals surface area contributed by atoms with Crippen LogP contribution in [-0.2, 0) is 6.42 Å². The van der Waals surface area contributed by atoms with E-state index in [0.717, 1.165) is 25.1 Å². The van der Waals surface area contributed by atoms with Crippen LogP contribution < -0.4 is 5.32 Å². The zero-order valence-corrected chi connectivity index (χ0v) is 12.7. The highest BCUT2D eigenvalue weighted by Gasteiger charge is 2.09. The van der Waals surface area contributed by atoms with Gasteiger partial charge in [0.25, 0.3) is 0 Å². The van der Waals surface area contributed by atoms with Gasteiger partial charge in [-0.05, 0) is 37.6 Å². The number of aliphatic hydroxyl groups excluding tert-OH is 1. The number of rotatable bonds is 8. The molecule has 1 aromatic rings. The van der Waals surface area contributed by atoms with Crippen molar-refractivity contribution in [3.8, 4) is 0 Å². The lowest BCUT2D eigenvalue weighted by Gasteiger charge is -2.19. The molecular formula is C16H28N2O. The lowest BCUT2D eigenvalue weighted by molar-refractivity contribution is 0.240. The highest BCUT2D eigenvalue weighted by molar-refractivity contribution is 5.25. The molecule has 0 fully saturated rings. The Hall–Kier alpha value is -0.900. The van der Waals surface area contributed by atoms with Gasteiger partial charge in [-0.1, -0.05) is 38.1 Å². The summed E-state index contributed by atoms with van der Waals surface area (Å²) in [5.74, 6) is 0.678. The molecule has 0 heterocycles. The monoisotopic (exact) mass is 264 g/mol. The SMILES string of the molecule is CC(C)Cc1ccc(C(CO)NCCN(C)C)cc1. The molecule has 0 aliphatic carbocycles. The third-order valence-corrected chi connectivity index (χ3v) is 3.16. The zero-order valence-electron chi connectivity index (χ0n) is 12.7. The molecule has 1 rings (SSSR count). The molecule has 0 aliphatic rings. The van der Waals surface area contributed by atoms with Gasteiger partial charge in [0, 0.05) is 13.1 Å². The maximum Gasteiger partial charge on any atom is 0.0626 e. The van der Waals surface area contributed by atoms with Gasteiger partial charge >= 0.3 is 0 Å². The Balaban J connectivity index is 2.55. The quantitative estimate of drug-likeness (QED) is 0.754. The van der Waals surface area contributed by atoms with Crippen LogP contribution in [0.5, 0.6) is 0 Å². The molecule has 0 saturated carbocycles. The van der Waals surface area contributed by atoms with Crippen molar-refractivity contribution < 1.29 is 5.11 Å². The van der Waals surface area contributed by atoms with Crippen molar-refractivity contribution in [2.24, 2.45) is 5.92 Å². The summed E-state index contributed by atoms with van der Waals surface area (Å²) in [5.41, 5.74) is 2.53. The summed E-state index contributed by atoms with van der Waals surface area (Å²) in [6.45, 7) is 6.45. The maximum absolute atomic E-state index is 9.48. The highest BCUT2D eigenvalue weighted by atomic mass is 16.3. The molecule has 1 unspecified atom stereocenters. The van der Waals surface area contributed by atoms with Crippen molar-refractivity contribution in [1.82, 2.24) is 10.2 Å². The minimum absolute atomic E-state index is 0.0352. The van der Waals surface area contributed by atoms with Crippen molar-refractivity contribution in [2.45, 2.75) is 26.3 Å². The second kappa shape index (κ2) is 8.31. The Labute approximate surface area is 117 Å². The Morgan fingerprint density at radius 2 is 1.79 bits per heavy atom. The van der Waals surface area contributed by atoms with Gasteiger partial charge in [0.15, 0.2) is 0 Å². The molecule has 0 spiro atoms. The highest BCUT2D eigenvalue weighted by Crippen LogP contribution is 2.15. The molecule has 0 aromatic heterocycles. The predicted molar refractivity (Wildman–Crippen MR) is 81.4 cm³/mol. The average molecular weight is 264 g/mol. The van der Waals surface area contributed by atoms with Crippen molar-refractivity contribution in [2.75, 3.05) is 33.8 Å². The number of aliphatic hydroxyl groups is 1. The summed E-state index contributed by atoms with van der Waals surface area (Å²) in [7, 11) is 4.10. The molecule has 108 valence electrons. The van der Waals surface area contributed by atoms with Crippen LogP contribution in [0.1, 0.15) is 31.0 Å². The van der Waals surface area contributed by atoms with Crippen LogP contribution in [0, 0.1) is 5.92 Å². The van der Waals surface area contributed by atoms with Crippen LogP contribution >= 0.6 is 0 Å². The van der Waals surface area contributed by atoms with E-state index >= 15 is 0 Å². The minimum atomic E-state index is 0.0352. The van der Waals surface area contributed by atoms with Crippen molar-refractivity contribution in [3.05, 3.63) is 35.4 Å². The Morgan fingerprint density at radius 3 is 2.26 bits per heavy atom. The Kier molecular flexibility index (Phi) is 7.06. The first-order valence-corrected chi connectivity index (χ1v) is 7.10. The van der Waals surface area contributed by atoms with Gasteiger partial charge in [-0.2, -0.15) is 0 Å². The minimum Gasteiger partial charge on any atom is -0.394 e. The second-order valence-electron chi connectivity index (χ2n) is 5.83. The standard InChI is InChI=1S/C16H28N2O/c1-13(2)11-14-5-7-15(8-6-14)16(12-19)17-9-10-18(3)4/h5-8,13,16-17,19H,9-12H2,1-4H3. The summed E-state index contributed by atoms with van der Waals surface area (Å²) in [4.78, 5) is 2.13. The fraction of sp³-hybridized carbons (Fsp3) is 0.625. The van der Waals surface area contributed by atoms with Gasteiger partial charge in [0.05, 0.1) is 12.6 Å². The first-order valence-electron chi connectivity index (χ1n) is 7.10. The Morgan fingerprint density at radius 1 is 1.16 bits per heavy atom. The van der Waals surface area contributed by atoms with E-state index in [9.17, 15) is 5.11 Å². The molecule has 0 amide bonds. The first kappa shape index (κ1) is 16.2. The lowest BCUT2D eigenvalue weighted by Crippen LogP contribution is -2.31. The molecule has 2 N–H and O–H groups in total. The molecular weight excluding hydrogens is 236 g/mol. The molecule has 0 saturated heterocycles. The third-order valence-electron chi connectivity index (χ3n) is 3.16. The smallest absolute Gasteiger partial charge is 0.0626 e. The predicted octanol–water partition coefficient (Wildman–Crippen LogP) is 2.07. The van der Waals surface area contributed by atoms with Gasteiger partial charge in [-0.3, -0.25) is 0 Å². The summed E-state index contributed by atoms with van der Waals surface area (Å²) >= 11 is 0. The number of hydrogen-bond donors (Lipinski definition) is 2. The fourth-order valence-electron chi connectivity index (χ4n) is 2.11. The van der Waals surface area contributed by atoms with Gasteiger partial charge in [-0.15, -0.1) is 0 Å². The van der Waals surface area contributed by atoms with Crippen molar-refractivity contribution >= 4 is 0 Å². The zero-order chi connectivity index (χ0) is 14.3. The van der Waals surface area contributed by atoms with Gasteiger partial charge in [0.1, 0.15) is 0 Å². The number of benzene rings is 1. The lowest BCUT2D eigenvalue weighted by atomic mass is 9.99. The van der Waals surface area contributed by atoms with Gasteiger partial charge < -0.3 is 15.3 Å². The van der Waals surface area contributed by atoms with Crippen molar-refractivity contribution in [1.29, 1.82) is 0 Å². The van der Waals surface area contributed by atoms with E-state index < -0.39 is 0 Å². The second-order valence-corrected chi connectivity index (χ2v) is 5.83. The molecule has 3 nitrogen and oxygen atoms in total. The van der Waals surface area contributed by atoms with Gasteiger partial charge in [0.2, 0.25) is 0 Å². The normalized spacial score (nSPS) is 13.2. The van der Waals surface area contributed by atoms with Crippen molar-refractivity contribution in [3.63, 3.8) is 0 Å². The molecule has 1 atom stereocenters. The van der Waals surface area contributed by atoms with Crippen LogP contribution in [0.4, 0.5) is 0 Å². The number of nitrogens with zero attached hydrogens (tertiary/aromatic N) is 1. The average Bonchev–Trinajstić information content (AvgIpc) is 2.35. The van der Waals surface area contributed by atoms with E-state index in [0.29, 0.717) is 5.92 Å². The van der Waals surface area contributed by atoms with Crippen LogP contribution in [-0.4, -0.2) is 43.8 Å². The van der Waals surface area contributed by atoms with Crippen LogP contribution in [0.2, 0.25) is 0 Å². The van der Waals surface area contributed by atoms with Gasteiger partial charge in [-0.25, -0.2) is 0 Å². The Bertz CT molecular complexity index is 346. The van der Waals surface area contributed by atoms with E-state index in [1.54, 1.807) is 0 Å². The maximum atomic E-state index is 9.48. The molecule has 0 radical (unpaired) electrons. The van der Waals surface area contributed by atoms with Crippen LogP contribution in [0.3, 0.4) is 0 Å². The number of nitrogens with one attached hydrogen (secondary N) is 1. The molecule has 19 heavy (non-hydrogen) atoms. The summed E-state index contributed by atoms with van der Waals surface area (Å²) in [6, 6.07) is 8.63. The summed E-state index contributed by atoms with van der Waals surface area (Å²) in [6.07, 6.45) is 1.11. The number of likely N-dealkylation sites (N-methyl/N-ethyl adjacent to an activating group) is 1. The fourth-order valence-corrected chi connectivity index (χ4v) is 2.11. The van der Waals surface area contributed by atoms with E-state index in [2.05, 4.69) is 62.4 Å². The third kappa shape index (κ3) is 6.19.